The molecule has 0 radical (unpaired) electrons. The molecule has 0 bridgehead atoms. The summed E-state index contributed by atoms with van der Waals surface area (Å²) < 4.78 is 0. The van der Waals surface area contributed by atoms with Crippen LogP contribution < -0.4 is 16.0 Å². The highest BCUT2D eigenvalue weighted by Crippen LogP contribution is 2.29. The Morgan fingerprint density at radius 3 is 2.42 bits per heavy atom. The van der Waals surface area contributed by atoms with Gasteiger partial charge < -0.3 is 16.0 Å². The molecule has 2 aromatic rings. The minimum Gasteiger partial charge on any atom is -0.327 e. The predicted molar refractivity (Wildman–Crippen MR) is 103 cm³/mol. The molecule has 0 saturated carbocycles. The SMILES string of the molecule is CC1=C(C(=O)Nc2cc(C)cc(C)c2)C(c2cccc(Cl)c2)NC(=O)N1. The summed E-state index contributed by atoms with van der Waals surface area (Å²) in [6.07, 6.45) is 0. The summed E-state index contributed by atoms with van der Waals surface area (Å²) in [6.45, 7) is 5.67. The molecule has 0 fully saturated rings. The summed E-state index contributed by atoms with van der Waals surface area (Å²) in [5.74, 6) is -0.273. The lowest BCUT2D eigenvalue weighted by molar-refractivity contribution is -0.113. The van der Waals surface area contributed by atoms with Crippen molar-refractivity contribution in [1.82, 2.24) is 10.6 Å². The lowest BCUT2D eigenvalue weighted by Gasteiger charge is -2.28. The minimum absolute atomic E-state index is 0.273. The van der Waals surface area contributed by atoms with Crippen LogP contribution in [0.15, 0.2) is 53.7 Å². The van der Waals surface area contributed by atoms with Gasteiger partial charge in [0, 0.05) is 16.4 Å². The summed E-state index contributed by atoms with van der Waals surface area (Å²) in [4.78, 5) is 24.9. The molecule has 3 amide bonds. The van der Waals surface area contributed by atoms with Crippen molar-refractivity contribution in [2.75, 3.05) is 5.32 Å². The molecule has 5 nitrogen and oxygen atoms in total. The zero-order chi connectivity index (χ0) is 18.8. The Bertz CT molecular complexity index is 901. The lowest BCUT2D eigenvalue weighted by Crippen LogP contribution is -2.45. The van der Waals surface area contributed by atoms with Crippen LogP contribution in [0, 0.1) is 13.8 Å². The summed E-state index contributed by atoms with van der Waals surface area (Å²) in [7, 11) is 0. The third-order valence-corrected chi connectivity index (χ3v) is 4.41. The van der Waals surface area contributed by atoms with E-state index in [9.17, 15) is 9.59 Å². The van der Waals surface area contributed by atoms with E-state index in [-0.39, 0.29) is 11.9 Å². The number of carbonyl (C=O) groups excluding carboxylic acids is 2. The van der Waals surface area contributed by atoms with Crippen LogP contribution in [0.4, 0.5) is 10.5 Å². The molecule has 1 aliphatic rings. The highest BCUT2D eigenvalue weighted by molar-refractivity contribution is 6.30. The lowest BCUT2D eigenvalue weighted by atomic mass is 9.95. The molecule has 0 spiro atoms. The van der Waals surface area contributed by atoms with Crippen LogP contribution in [0.2, 0.25) is 5.02 Å². The molecule has 0 aromatic heterocycles. The fourth-order valence-corrected chi connectivity index (χ4v) is 3.38. The van der Waals surface area contributed by atoms with Crippen molar-refractivity contribution in [2.45, 2.75) is 26.8 Å². The zero-order valence-electron chi connectivity index (χ0n) is 14.8. The molecule has 1 atom stereocenters. The number of rotatable bonds is 3. The molecular formula is C20H20ClN3O2. The zero-order valence-corrected chi connectivity index (χ0v) is 15.6. The second kappa shape index (κ2) is 7.22. The quantitative estimate of drug-likeness (QED) is 0.757. The first-order valence-corrected chi connectivity index (χ1v) is 8.64. The first kappa shape index (κ1) is 18.0. The van der Waals surface area contributed by atoms with Gasteiger partial charge in [-0.2, -0.15) is 0 Å². The molecule has 0 aliphatic carbocycles. The van der Waals surface area contributed by atoms with Gasteiger partial charge in [0.2, 0.25) is 0 Å². The number of halogens is 1. The molecule has 1 aliphatic heterocycles. The van der Waals surface area contributed by atoms with E-state index in [1.807, 2.05) is 38.1 Å². The molecule has 1 heterocycles. The number of urea groups is 1. The van der Waals surface area contributed by atoms with Crippen LogP contribution in [0.3, 0.4) is 0 Å². The monoisotopic (exact) mass is 369 g/mol. The highest BCUT2D eigenvalue weighted by Gasteiger charge is 2.31. The second-order valence-corrected chi connectivity index (χ2v) is 6.89. The van der Waals surface area contributed by atoms with Gasteiger partial charge in [0.05, 0.1) is 11.6 Å². The summed E-state index contributed by atoms with van der Waals surface area (Å²) in [5.41, 5.74) is 4.55. The molecule has 1 unspecified atom stereocenters. The van der Waals surface area contributed by atoms with E-state index in [2.05, 4.69) is 16.0 Å². The number of amides is 3. The van der Waals surface area contributed by atoms with E-state index >= 15 is 0 Å². The van der Waals surface area contributed by atoms with Crippen LogP contribution in [0.25, 0.3) is 0 Å². The van der Waals surface area contributed by atoms with Crippen LogP contribution in [0.1, 0.15) is 29.7 Å². The Morgan fingerprint density at radius 1 is 1.08 bits per heavy atom. The smallest absolute Gasteiger partial charge is 0.319 e. The topological polar surface area (TPSA) is 70.2 Å². The van der Waals surface area contributed by atoms with Crippen LogP contribution in [0.5, 0.6) is 0 Å². The van der Waals surface area contributed by atoms with Crippen molar-refractivity contribution >= 4 is 29.2 Å². The van der Waals surface area contributed by atoms with Crippen molar-refractivity contribution in [3.63, 3.8) is 0 Å². The van der Waals surface area contributed by atoms with Gasteiger partial charge in [0.25, 0.3) is 5.91 Å². The van der Waals surface area contributed by atoms with Crippen molar-refractivity contribution in [3.8, 4) is 0 Å². The van der Waals surface area contributed by atoms with Gasteiger partial charge in [-0.1, -0.05) is 29.8 Å². The van der Waals surface area contributed by atoms with Gasteiger partial charge in [-0.25, -0.2) is 4.79 Å². The number of aryl methyl sites for hydroxylation is 2. The van der Waals surface area contributed by atoms with E-state index < -0.39 is 6.04 Å². The largest absolute Gasteiger partial charge is 0.327 e. The number of nitrogens with one attached hydrogen (secondary N) is 3. The Morgan fingerprint density at radius 2 is 1.77 bits per heavy atom. The molecule has 3 rings (SSSR count). The van der Waals surface area contributed by atoms with Crippen LogP contribution >= 0.6 is 11.6 Å². The number of hydrogen-bond acceptors (Lipinski definition) is 2. The van der Waals surface area contributed by atoms with Crippen LogP contribution in [-0.4, -0.2) is 11.9 Å². The molecule has 6 heteroatoms. The fraction of sp³-hybridized carbons (Fsp3) is 0.200. The number of benzene rings is 2. The Balaban J connectivity index is 1.96. The molecule has 2 aromatic carbocycles. The summed E-state index contributed by atoms with van der Waals surface area (Å²) >= 11 is 6.08. The average molecular weight is 370 g/mol. The van der Waals surface area contributed by atoms with Gasteiger partial charge in [0.1, 0.15) is 0 Å². The second-order valence-electron chi connectivity index (χ2n) is 6.46. The van der Waals surface area contributed by atoms with Crippen molar-refractivity contribution in [2.24, 2.45) is 0 Å². The number of hydrogen-bond donors (Lipinski definition) is 3. The van der Waals surface area contributed by atoms with E-state index in [1.165, 1.54) is 0 Å². The summed E-state index contributed by atoms with van der Waals surface area (Å²) in [5, 5.41) is 8.95. The van der Waals surface area contributed by atoms with E-state index in [4.69, 9.17) is 11.6 Å². The van der Waals surface area contributed by atoms with E-state index in [0.717, 1.165) is 22.4 Å². The number of carbonyl (C=O) groups is 2. The first-order chi connectivity index (χ1) is 12.3. The molecule has 134 valence electrons. The third kappa shape index (κ3) is 3.89. The average Bonchev–Trinajstić information content (AvgIpc) is 2.52. The normalized spacial score (nSPS) is 16.8. The highest BCUT2D eigenvalue weighted by atomic mass is 35.5. The number of allylic oxidation sites excluding steroid dienone is 1. The third-order valence-electron chi connectivity index (χ3n) is 4.18. The van der Waals surface area contributed by atoms with Gasteiger partial charge in [-0.15, -0.1) is 0 Å². The Hall–Kier alpha value is -2.79. The fourth-order valence-electron chi connectivity index (χ4n) is 3.18. The van der Waals surface area contributed by atoms with Gasteiger partial charge in [-0.3, -0.25) is 4.79 Å². The minimum atomic E-state index is -0.576. The predicted octanol–water partition coefficient (Wildman–Crippen LogP) is 4.22. The first-order valence-electron chi connectivity index (χ1n) is 8.27. The standard InChI is InChI=1S/C20H20ClN3O2/c1-11-7-12(2)9-16(8-11)23-19(25)17-13(3)22-20(26)24-18(17)14-5-4-6-15(21)10-14/h4-10,18H,1-3H3,(H,23,25)(H2,22,24,26). The van der Waals surface area contributed by atoms with E-state index in [1.54, 1.807) is 25.1 Å². The van der Waals surface area contributed by atoms with Gasteiger partial charge >= 0.3 is 6.03 Å². The Labute approximate surface area is 157 Å². The van der Waals surface area contributed by atoms with Gasteiger partial charge in [0.15, 0.2) is 0 Å². The number of anilines is 1. The van der Waals surface area contributed by atoms with Crippen molar-refractivity contribution in [3.05, 3.63) is 75.4 Å². The van der Waals surface area contributed by atoms with Crippen molar-refractivity contribution < 1.29 is 9.59 Å². The molecule has 0 saturated heterocycles. The Kier molecular flexibility index (Phi) is 5.00. The summed E-state index contributed by atoms with van der Waals surface area (Å²) in [6, 6.07) is 12.0. The van der Waals surface area contributed by atoms with Crippen molar-refractivity contribution in [1.29, 1.82) is 0 Å². The van der Waals surface area contributed by atoms with Gasteiger partial charge in [-0.05, 0) is 61.7 Å². The van der Waals surface area contributed by atoms with Crippen LogP contribution in [-0.2, 0) is 4.79 Å². The molecule has 26 heavy (non-hydrogen) atoms. The van der Waals surface area contributed by atoms with E-state index in [0.29, 0.717) is 16.3 Å². The molecule has 3 N–H and O–H groups in total. The molecular weight excluding hydrogens is 350 g/mol. The maximum atomic E-state index is 13.0. The maximum absolute atomic E-state index is 13.0. The maximum Gasteiger partial charge on any atom is 0.319 e.